The number of hydrogen-bond acceptors (Lipinski definition) is 9. The molecule has 0 spiro atoms. The van der Waals surface area contributed by atoms with Gasteiger partial charge in [-0.3, -0.25) is 14.0 Å². The zero-order chi connectivity index (χ0) is 39.2. The van der Waals surface area contributed by atoms with Gasteiger partial charge in [0.15, 0.2) is 11.6 Å². The molecule has 0 saturated carbocycles. The highest BCUT2D eigenvalue weighted by Crippen LogP contribution is 2.40. The fraction of sp³-hybridized carbons (Fsp3) is 0.278. The molecule has 2 saturated heterocycles. The van der Waals surface area contributed by atoms with Gasteiger partial charge in [-0.15, -0.1) is 0 Å². The molecule has 2 aliphatic rings. The third-order valence-electron chi connectivity index (χ3n) is 9.20. The predicted molar refractivity (Wildman–Crippen MR) is 192 cm³/mol. The number of anilines is 2. The minimum absolute atomic E-state index is 0.00645. The molecule has 4 heterocycles. The second-order valence-electron chi connectivity index (χ2n) is 13.0. The fourth-order valence-electron chi connectivity index (χ4n) is 6.69. The number of ketones is 1. The lowest BCUT2D eigenvalue weighted by atomic mass is 10.1. The van der Waals surface area contributed by atoms with Gasteiger partial charge in [0.05, 0.1) is 41.3 Å². The van der Waals surface area contributed by atoms with Gasteiger partial charge in [-0.25, -0.2) is 40.7 Å². The first kappa shape index (κ1) is 37.4. The van der Waals surface area contributed by atoms with Gasteiger partial charge >= 0.3 is 6.03 Å². The number of nitrogens with zero attached hydrogens (tertiary/aromatic N) is 4. The Morgan fingerprint density at radius 3 is 2.58 bits per heavy atom. The van der Waals surface area contributed by atoms with E-state index in [9.17, 15) is 40.4 Å². The highest BCUT2D eigenvalue weighted by atomic mass is 32.2. The number of urea groups is 1. The highest BCUT2D eigenvalue weighted by Gasteiger charge is 2.52. The van der Waals surface area contributed by atoms with Crippen LogP contribution < -0.4 is 24.8 Å². The summed E-state index contributed by atoms with van der Waals surface area (Å²) in [5, 5.41) is 4.63. The summed E-state index contributed by atoms with van der Waals surface area (Å²) >= 11 is 0. The van der Waals surface area contributed by atoms with Crippen LogP contribution in [0.3, 0.4) is 0 Å². The maximum Gasteiger partial charge on any atom is 0.332 e. The standard InChI is InChI=1S/C36H33F4N7O7S/c1-19-11-22(54-30-6-3-2-5-24(30)38)7-8-27(19)47-34(41)23(16-42-47)33(48)26-12-20-13-31(53-18-32(39)40)28(15-25(20)43-26)46-35(49)29-14-21(17-45(29)36(46)50)44-55(51,52)10-4-9-37/h2-3,5-8,11-13,15-16,21,29,32,43-44H,4,9-10,14,17-18,41H2,1H3/t21-,29-/m0/s1. The Kier molecular flexibility index (Phi) is 9.99. The SMILES string of the molecule is Cc1cc(Oc2ccccc2F)ccc1-n1ncc(C(=O)c2cc3cc(OCC(F)F)c(N4C(=O)[C@@H]5C[C@H](NS(=O)(=O)CCCF)CN5C4=O)cc3[nH]2)c1N. The number of hydrogen-bond donors (Lipinski definition) is 3. The molecular formula is C36H33F4N7O7S. The van der Waals surface area contributed by atoms with Gasteiger partial charge in [0.2, 0.25) is 15.8 Å². The van der Waals surface area contributed by atoms with Crippen molar-refractivity contribution in [3.05, 3.63) is 89.5 Å². The molecule has 3 amide bonds. The number of aromatic amines is 1. The third kappa shape index (κ3) is 7.31. The molecule has 2 atom stereocenters. The normalized spacial score (nSPS) is 17.1. The van der Waals surface area contributed by atoms with Crippen LogP contribution in [0.5, 0.6) is 17.2 Å². The van der Waals surface area contributed by atoms with Crippen LogP contribution in [0, 0.1) is 12.7 Å². The lowest BCUT2D eigenvalue weighted by Gasteiger charge is -2.21. The molecule has 0 unspecified atom stereocenters. The first-order valence-electron chi connectivity index (χ1n) is 16.9. The molecule has 2 aliphatic heterocycles. The lowest BCUT2D eigenvalue weighted by Crippen LogP contribution is -2.42. The average molecular weight is 784 g/mol. The van der Waals surface area contributed by atoms with E-state index >= 15 is 0 Å². The van der Waals surface area contributed by atoms with Crippen LogP contribution in [0.25, 0.3) is 16.6 Å². The topological polar surface area (TPSA) is 182 Å². The largest absolute Gasteiger partial charge is 0.485 e. The van der Waals surface area contributed by atoms with Crippen molar-refractivity contribution in [3.63, 3.8) is 0 Å². The second-order valence-corrected chi connectivity index (χ2v) is 14.9. The number of para-hydroxylation sites is 1. The van der Waals surface area contributed by atoms with Crippen molar-refractivity contribution in [2.45, 2.75) is 38.3 Å². The Bertz CT molecular complexity index is 2410. The second kappa shape index (κ2) is 14.7. The lowest BCUT2D eigenvalue weighted by molar-refractivity contribution is -0.119. The summed E-state index contributed by atoms with van der Waals surface area (Å²) in [6.07, 6.45) is -1.89. The monoisotopic (exact) mass is 783 g/mol. The Morgan fingerprint density at radius 1 is 1.09 bits per heavy atom. The van der Waals surface area contributed by atoms with Crippen molar-refractivity contribution in [3.8, 4) is 22.9 Å². The molecule has 3 aromatic carbocycles. The van der Waals surface area contributed by atoms with Crippen LogP contribution in [0.2, 0.25) is 0 Å². The Hall–Kier alpha value is -5.95. The number of halogens is 4. The average Bonchev–Trinajstić information content (AvgIpc) is 3.90. The maximum absolute atomic E-state index is 14.1. The summed E-state index contributed by atoms with van der Waals surface area (Å²) < 4.78 is 92.7. The minimum Gasteiger partial charge on any atom is -0.485 e. The summed E-state index contributed by atoms with van der Waals surface area (Å²) in [4.78, 5) is 45.9. The van der Waals surface area contributed by atoms with E-state index in [-0.39, 0.29) is 59.2 Å². The van der Waals surface area contributed by atoms with E-state index in [4.69, 9.17) is 15.2 Å². The van der Waals surface area contributed by atoms with E-state index in [1.165, 1.54) is 46.1 Å². The molecule has 5 aromatic rings. The first-order valence-corrected chi connectivity index (χ1v) is 18.6. The summed E-state index contributed by atoms with van der Waals surface area (Å²) in [6, 6.07) is 12.2. The van der Waals surface area contributed by atoms with Crippen LogP contribution in [-0.4, -0.2) is 89.9 Å². The van der Waals surface area contributed by atoms with E-state index in [2.05, 4.69) is 14.8 Å². The number of nitrogen functional groups attached to an aromatic ring is 1. The fourth-order valence-corrected chi connectivity index (χ4v) is 7.97. The van der Waals surface area contributed by atoms with Gasteiger partial charge in [0, 0.05) is 23.5 Å². The zero-order valence-corrected chi connectivity index (χ0v) is 29.8. The third-order valence-corrected chi connectivity index (χ3v) is 10.7. The van der Waals surface area contributed by atoms with Crippen LogP contribution in [-0.2, 0) is 14.8 Å². The van der Waals surface area contributed by atoms with E-state index in [1.54, 1.807) is 37.3 Å². The molecule has 2 fully saturated rings. The number of nitrogens with one attached hydrogen (secondary N) is 2. The van der Waals surface area contributed by atoms with Gasteiger partial charge in [0.1, 0.15) is 30.0 Å². The van der Waals surface area contributed by atoms with Crippen LogP contribution in [0.15, 0.2) is 66.9 Å². The highest BCUT2D eigenvalue weighted by molar-refractivity contribution is 7.89. The van der Waals surface area contributed by atoms with E-state index in [0.717, 1.165) is 4.90 Å². The molecule has 0 radical (unpaired) electrons. The van der Waals surface area contributed by atoms with Crippen molar-refractivity contribution in [1.82, 2.24) is 24.4 Å². The molecule has 0 bridgehead atoms. The number of imide groups is 1. The molecule has 7 rings (SSSR count). The zero-order valence-electron chi connectivity index (χ0n) is 29.0. The van der Waals surface area contributed by atoms with Gasteiger partial charge in [-0.1, -0.05) is 12.1 Å². The Balaban J connectivity index is 1.14. The molecule has 0 aliphatic carbocycles. The van der Waals surface area contributed by atoms with Gasteiger partial charge in [0.25, 0.3) is 12.3 Å². The Morgan fingerprint density at radius 2 is 1.87 bits per heavy atom. The number of aromatic nitrogens is 3. The molecule has 2 aromatic heterocycles. The van der Waals surface area contributed by atoms with Gasteiger partial charge in [-0.2, -0.15) is 5.10 Å². The number of nitrogens with two attached hydrogens (primary N) is 1. The number of benzene rings is 3. The number of carbonyl (C=O) groups excluding carboxylic acids is 3. The number of H-pyrrole nitrogens is 1. The molecule has 14 nitrogen and oxygen atoms in total. The summed E-state index contributed by atoms with van der Waals surface area (Å²) in [5.74, 6) is -2.14. The van der Waals surface area contributed by atoms with Crippen molar-refractivity contribution < 1.29 is 49.8 Å². The number of alkyl halides is 3. The quantitative estimate of drug-likeness (QED) is 0.0771. The van der Waals surface area contributed by atoms with Gasteiger partial charge in [-0.05, 0) is 73.9 Å². The molecule has 55 heavy (non-hydrogen) atoms. The number of aryl methyl sites for hydroxylation is 1. The molecule has 4 N–H and O–H groups in total. The predicted octanol–water partition coefficient (Wildman–Crippen LogP) is 5.24. The minimum atomic E-state index is -3.86. The van der Waals surface area contributed by atoms with E-state index in [0.29, 0.717) is 22.4 Å². The maximum atomic E-state index is 14.1. The number of rotatable bonds is 14. The summed E-state index contributed by atoms with van der Waals surface area (Å²) in [6.45, 7) is -0.287. The van der Waals surface area contributed by atoms with Gasteiger partial charge < -0.3 is 25.1 Å². The van der Waals surface area contributed by atoms with Crippen molar-refractivity contribution >= 4 is 50.2 Å². The summed E-state index contributed by atoms with van der Waals surface area (Å²) in [5.41, 5.74) is 7.70. The van der Waals surface area contributed by atoms with E-state index in [1.807, 2.05) is 0 Å². The van der Waals surface area contributed by atoms with E-state index < -0.39 is 71.1 Å². The number of sulfonamides is 1. The van der Waals surface area contributed by atoms with Crippen LogP contribution in [0.1, 0.15) is 34.5 Å². The van der Waals surface area contributed by atoms with Crippen molar-refractivity contribution in [2.75, 3.05) is 36.2 Å². The number of ether oxygens (including phenoxy) is 2. The molecule has 19 heteroatoms. The summed E-state index contributed by atoms with van der Waals surface area (Å²) in [7, 11) is -3.86. The van der Waals surface area contributed by atoms with Crippen molar-refractivity contribution in [2.24, 2.45) is 0 Å². The molecular weight excluding hydrogens is 750 g/mol. The van der Waals surface area contributed by atoms with Crippen molar-refractivity contribution in [1.29, 1.82) is 0 Å². The molecule has 288 valence electrons. The first-order chi connectivity index (χ1) is 26.2. The number of fused-ring (bicyclic) bond motifs is 2. The smallest absolute Gasteiger partial charge is 0.332 e. The van der Waals surface area contributed by atoms with Crippen LogP contribution >= 0.6 is 0 Å². The van der Waals surface area contributed by atoms with Crippen LogP contribution in [0.4, 0.5) is 33.9 Å². The number of carbonyl (C=O) groups is 3. The number of amides is 3. The Labute approximate surface area is 310 Å².